The minimum absolute atomic E-state index is 0.142. The maximum atomic E-state index is 11.9. The van der Waals surface area contributed by atoms with Crippen molar-refractivity contribution in [1.29, 1.82) is 0 Å². The van der Waals surface area contributed by atoms with Crippen molar-refractivity contribution >= 4 is 6.09 Å². The van der Waals surface area contributed by atoms with E-state index in [4.69, 9.17) is 4.74 Å². The van der Waals surface area contributed by atoms with Crippen LogP contribution in [0.1, 0.15) is 52.0 Å². The van der Waals surface area contributed by atoms with Gasteiger partial charge in [0, 0.05) is 31.1 Å². The average molecular weight is 370 g/mol. The highest BCUT2D eigenvalue weighted by atomic mass is 16.6. The predicted molar refractivity (Wildman–Crippen MR) is 105 cm³/mol. The summed E-state index contributed by atoms with van der Waals surface area (Å²) in [4.78, 5) is 13.7. The first-order chi connectivity index (χ1) is 12.9. The van der Waals surface area contributed by atoms with Crippen molar-refractivity contribution in [3.05, 3.63) is 36.0 Å². The Balaban J connectivity index is 1.58. The van der Waals surface area contributed by atoms with E-state index >= 15 is 0 Å². The molecule has 1 aliphatic heterocycles. The summed E-state index contributed by atoms with van der Waals surface area (Å²) in [6.07, 6.45) is 3.59. The fourth-order valence-electron chi connectivity index (χ4n) is 3.21. The van der Waals surface area contributed by atoms with E-state index in [1.54, 1.807) is 4.90 Å². The Labute approximate surface area is 161 Å². The van der Waals surface area contributed by atoms with Crippen LogP contribution in [0, 0.1) is 5.41 Å². The summed E-state index contributed by atoms with van der Waals surface area (Å²) in [7, 11) is 0. The molecule has 1 fully saturated rings. The summed E-state index contributed by atoms with van der Waals surface area (Å²) in [6, 6.07) is 8.53. The highest BCUT2D eigenvalue weighted by Crippen LogP contribution is 2.30. The molecule has 6 nitrogen and oxygen atoms in total. The number of amides is 1. The molecule has 0 atom stereocenters. The van der Waals surface area contributed by atoms with E-state index in [2.05, 4.69) is 62.3 Å². The van der Waals surface area contributed by atoms with Gasteiger partial charge in [-0.1, -0.05) is 63.6 Å². The molecule has 146 valence electrons. The number of carbonyl (C=O) groups is 1. The second kappa shape index (κ2) is 8.11. The quantitative estimate of drug-likeness (QED) is 0.710. The number of nitrogens with zero attached hydrogens (tertiary/aromatic N) is 4. The first-order valence-electron chi connectivity index (χ1n) is 9.78. The zero-order valence-electron chi connectivity index (χ0n) is 16.8. The van der Waals surface area contributed by atoms with Gasteiger partial charge in [0.1, 0.15) is 0 Å². The molecule has 0 radical (unpaired) electrons. The third-order valence-electron chi connectivity index (χ3n) is 4.78. The molecule has 2 aromatic rings. The van der Waals surface area contributed by atoms with Crippen molar-refractivity contribution in [1.82, 2.24) is 19.9 Å². The molecule has 0 saturated carbocycles. The summed E-state index contributed by atoms with van der Waals surface area (Å²) < 4.78 is 7.23. The van der Waals surface area contributed by atoms with Crippen LogP contribution < -0.4 is 0 Å². The minimum Gasteiger partial charge on any atom is -0.449 e. The third kappa shape index (κ3) is 4.87. The number of carbonyl (C=O) groups excluding carboxylic acids is 1. The van der Waals surface area contributed by atoms with E-state index < -0.39 is 0 Å². The van der Waals surface area contributed by atoms with Crippen LogP contribution in [-0.4, -0.2) is 45.7 Å². The molecule has 2 heterocycles. The molecule has 27 heavy (non-hydrogen) atoms. The largest absolute Gasteiger partial charge is 0.449 e. The fourth-order valence-corrected chi connectivity index (χ4v) is 3.21. The minimum atomic E-state index is -0.187. The summed E-state index contributed by atoms with van der Waals surface area (Å²) in [5.74, 6) is 0.385. The van der Waals surface area contributed by atoms with Gasteiger partial charge in [0.05, 0.1) is 18.5 Å². The number of ether oxygens (including phenoxy) is 1. The van der Waals surface area contributed by atoms with Gasteiger partial charge in [-0.05, 0) is 17.4 Å². The number of rotatable bonds is 6. The number of hydrogen-bond donors (Lipinski definition) is 0. The van der Waals surface area contributed by atoms with Gasteiger partial charge in [-0.15, -0.1) is 5.10 Å². The van der Waals surface area contributed by atoms with Gasteiger partial charge in [-0.25, -0.2) is 9.48 Å². The first-order valence-corrected chi connectivity index (χ1v) is 9.78. The fraction of sp³-hybridized carbons (Fsp3) is 0.571. The van der Waals surface area contributed by atoms with Gasteiger partial charge < -0.3 is 9.64 Å². The molecular formula is C21H30N4O2. The second-order valence-corrected chi connectivity index (χ2v) is 8.53. The summed E-state index contributed by atoms with van der Waals surface area (Å²) in [5.41, 5.74) is 3.55. The van der Waals surface area contributed by atoms with Crippen LogP contribution in [0.5, 0.6) is 0 Å². The lowest BCUT2D eigenvalue weighted by Gasteiger charge is -2.38. The molecule has 1 amide bonds. The SMILES string of the molecule is CCCCOC(=O)N1CC(c2ccc(-c3cnnn3CC(C)(C)C)cc2)C1. The van der Waals surface area contributed by atoms with Crippen LogP contribution in [0.2, 0.25) is 0 Å². The van der Waals surface area contributed by atoms with Gasteiger partial charge >= 0.3 is 6.09 Å². The Bertz CT molecular complexity index is 755. The molecule has 1 aliphatic rings. The summed E-state index contributed by atoms with van der Waals surface area (Å²) in [6.45, 7) is 11.5. The maximum absolute atomic E-state index is 11.9. The Kier molecular flexibility index (Phi) is 5.82. The normalized spacial score (nSPS) is 14.9. The van der Waals surface area contributed by atoms with Crippen molar-refractivity contribution in [3.8, 4) is 11.3 Å². The first kappa shape index (κ1) is 19.4. The Morgan fingerprint density at radius 3 is 2.56 bits per heavy atom. The Morgan fingerprint density at radius 2 is 1.93 bits per heavy atom. The van der Waals surface area contributed by atoms with E-state index in [-0.39, 0.29) is 11.5 Å². The number of hydrogen-bond acceptors (Lipinski definition) is 4. The van der Waals surface area contributed by atoms with Gasteiger partial charge in [-0.2, -0.15) is 0 Å². The smallest absolute Gasteiger partial charge is 0.409 e. The van der Waals surface area contributed by atoms with Gasteiger partial charge in [-0.3, -0.25) is 0 Å². The highest BCUT2D eigenvalue weighted by Gasteiger charge is 2.32. The van der Waals surface area contributed by atoms with Crippen molar-refractivity contribution < 1.29 is 9.53 Å². The third-order valence-corrected chi connectivity index (χ3v) is 4.78. The highest BCUT2D eigenvalue weighted by molar-refractivity contribution is 5.69. The summed E-state index contributed by atoms with van der Waals surface area (Å²) >= 11 is 0. The standard InChI is InChI=1S/C21H30N4O2/c1-5-6-11-27-20(26)24-13-18(14-24)16-7-9-17(10-8-16)19-12-22-23-25(19)15-21(2,3)4/h7-10,12,18H,5-6,11,13-15H2,1-4H3. The molecule has 0 N–H and O–H groups in total. The number of unbranched alkanes of at least 4 members (excludes halogenated alkanes) is 1. The van der Waals surface area contributed by atoms with Crippen LogP contribution in [-0.2, 0) is 11.3 Å². The van der Waals surface area contributed by atoms with Crippen LogP contribution in [0.25, 0.3) is 11.3 Å². The lowest BCUT2D eigenvalue weighted by atomic mass is 9.91. The van der Waals surface area contributed by atoms with Crippen molar-refractivity contribution in [2.24, 2.45) is 5.41 Å². The van der Waals surface area contributed by atoms with Crippen LogP contribution in [0.3, 0.4) is 0 Å². The molecule has 1 saturated heterocycles. The van der Waals surface area contributed by atoms with E-state index in [9.17, 15) is 4.79 Å². The Morgan fingerprint density at radius 1 is 1.22 bits per heavy atom. The molecule has 1 aromatic heterocycles. The molecular weight excluding hydrogens is 340 g/mol. The number of likely N-dealkylation sites (tertiary alicyclic amines) is 1. The van der Waals surface area contributed by atoms with Crippen molar-refractivity contribution in [2.75, 3.05) is 19.7 Å². The van der Waals surface area contributed by atoms with Crippen LogP contribution in [0.4, 0.5) is 4.79 Å². The number of aromatic nitrogens is 3. The van der Waals surface area contributed by atoms with Gasteiger partial charge in [0.2, 0.25) is 0 Å². The molecule has 6 heteroatoms. The van der Waals surface area contributed by atoms with Gasteiger partial charge in [0.15, 0.2) is 0 Å². The molecule has 0 spiro atoms. The van der Waals surface area contributed by atoms with Crippen LogP contribution >= 0.6 is 0 Å². The van der Waals surface area contributed by atoms with E-state index in [1.165, 1.54) is 5.56 Å². The molecule has 1 aromatic carbocycles. The lowest BCUT2D eigenvalue weighted by Crippen LogP contribution is -2.48. The zero-order valence-corrected chi connectivity index (χ0v) is 16.8. The van der Waals surface area contributed by atoms with Crippen molar-refractivity contribution in [2.45, 2.75) is 53.0 Å². The maximum Gasteiger partial charge on any atom is 0.409 e. The molecule has 0 aliphatic carbocycles. The second-order valence-electron chi connectivity index (χ2n) is 8.53. The van der Waals surface area contributed by atoms with E-state index in [1.807, 2.05) is 10.9 Å². The monoisotopic (exact) mass is 370 g/mol. The zero-order chi connectivity index (χ0) is 19.4. The predicted octanol–water partition coefficient (Wildman–Crippen LogP) is 4.33. The van der Waals surface area contributed by atoms with Crippen LogP contribution in [0.15, 0.2) is 30.5 Å². The van der Waals surface area contributed by atoms with E-state index in [0.717, 1.165) is 43.7 Å². The van der Waals surface area contributed by atoms with Crippen molar-refractivity contribution in [3.63, 3.8) is 0 Å². The molecule has 3 rings (SSSR count). The topological polar surface area (TPSA) is 60.2 Å². The Hall–Kier alpha value is -2.37. The number of benzene rings is 1. The average Bonchev–Trinajstić information content (AvgIpc) is 3.00. The molecule has 0 bridgehead atoms. The molecule has 0 unspecified atom stereocenters. The lowest BCUT2D eigenvalue weighted by molar-refractivity contribution is 0.0706. The van der Waals surface area contributed by atoms with E-state index in [0.29, 0.717) is 12.5 Å². The summed E-state index contributed by atoms with van der Waals surface area (Å²) in [5, 5.41) is 8.31. The van der Waals surface area contributed by atoms with Gasteiger partial charge in [0.25, 0.3) is 0 Å².